The maximum absolute atomic E-state index is 12.8. The van der Waals surface area contributed by atoms with Crippen molar-refractivity contribution in [3.8, 4) is 0 Å². The Morgan fingerprint density at radius 2 is 1.95 bits per heavy atom. The number of fused-ring (bicyclic) bond motifs is 1. The van der Waals surface area contributed by atoms with Crippen LogP contribution in [0.15, 0.2) is 24.3 Å². The highest BCUT2D eigenvalue weighted by atomic mass is 19.3. The van der Waals surface area contributed by atoms with Gasteiger partial charge in [0.05, 0.1) is 11.2 Å². The second-order valence-corrected chi connectivity index (χ2v) is 4.41. The number of aromatic nitrogens is 1. The number of hydrogen-bond acceptors (Lipinski definition) is 4. The van der Waals surface area contributed by atoms with E-state index in [0.29, 0.717) is 11.2 Å². The molecule has 0 saturated carbocycles. The third-order valence-corrected chi connectivity index (χ3v) is 3.32. The molecule has 0 radical (unpaired) electrons. The second-order valence-electron chi connectivity index (χ2n) is 4.41. The summed E-state index contributed by atoms with van der Waals surface area (Å²) in [6.45, 7) is 5.87. The fraction of sp³-hybridized carbons (Fsp3) is 0.357. The van der Waals surface area contributed by atoms with Crippen molar-refractivity contribution in [1.82, 2.24) is 4.98 Å². The maximum Gasteiger partial charge on any atom is 0.280 e. The van der Waals surface area contributed by atoms with Gasteiger partial charge in [0.1, 0.15) is 5.69 Å². The van der Waals surface area contributed by atoms with Crippen molar-refractivity contribution in [1.29, 1.82) is 0 Å². The zero-order valence-corrected chi connectivity index (χ0v) is 11.5. The normalized spacial score (nSPS) is 11.1. The summed E-state index contributed by atoms with van der Waals surface area (Å²) in [5.74, 6) is 5.44. The van der Waals surface area contributed by atoms with E-state index in [2.05, 4.69) is 29.2 Å². The molecule has 6 heteroatoms. The zero-order chi connectivity index (χ0) is 14.7. The van der Waals surface area contributed by atoms with E-state index in [0.717, 1.165) is 24.2 Å². The summed E-state index contributed by atoms with van der Waals surface area (Å²) in [5, 5.41) is 0.737. The number of nitrogens with zero attached hydrogens (tertiary/aromatic N) is 2. The molecule has 0 atom stereocenters. The van der Waals surface area contributed by atoms with Crippen molar-refractivity contribution in [2.45, 2.75) is 20.3 Å². The third kappa shape index (κ3) is 2.65. The van der Waals surface area contributed by atoms with Gasteiger partial charge >= 0.3 is 0 Å². The molecule has 1 aromatic carbocycles. The van der Waals surface area contributed by atoms with Crippen LogP contribution in [-0.4, -0.2) is 18.1 Å². The van der Waals surface area contributed by atoms with Gasteiger partial charge in [-0.05, 0) is 38.1 Å². The van der Waals surface area contributed by atoms with Gasteiger partial charge in [0.25, 0.3) is 6.43 Å². The first-order valence-corrected chi connectivity index (χ1v) is 6.55. The number of hydrogen-bond donors (Lipinski definition) is 2. The standard InChI is InChI=1S/C14H18F2N4/c1-3-20(4-2)9-5-6-11-10(7-9)12(19-17)8-13(18-11)14(15)16/h5-8,14H,3-4,17H2,1-2H3,(H,18,19). The van der Waals surface area contributed by atoms with Gasteiger partial charge in [0.15, 0.2) is 0 Å². The predicted molar refractivity (Wildman–Crippen MR) is 78.1 cm³/mol. The van der Waals surface area contributed by atoms with Crippen LogP contribution in [0.25, 0.3) is 10.9 Å². The number of halogens is 2. The highest BCUT2D eigenvalue weighted by Gasteiger charge is 2.14. The van der Waals surface area contributed by atoms with E-state index in [-0.39, 0.29) is 5.69 Å². The number of alkyl halides is 2. The first kappa shape index (κ1) is 14.5. The summed E-state index contributed by atoms with van der Waals surface area (Å²) < 4.78 is 25.6. The van der Waals surface area contributed by atoms with Crippen molar-refractivity contribution in [2.75, 3.05) is 23.4 Å². The van der Waals surface area contributed by atoms with Crippen LogP contribution < -0.4 is 16.2 Å². The predicted octanol–water partition coefficient (Wildman–Crippen LogP) is 3.30. The maximum atomic E-state index is 12.8. The van der Waals surface area contributed by atoms with Crippen LogP contribution in [0.1, 0.15) is 26.0 Å². The Balaban J connectivity index is 2.59. The summed E-state index contributed by atoms with van der Waals surface area (Å²) in [7, 11) is 0. The molecule has 20 heavy (non-hydrogen) atoms. The van der Waals surface area contributed by atoms with Crippen LogP contribution in [0.3, 0.4) is 0 Å². The first-order chi connectivity index (χ1) is 9.60. The lowest BCUT2D eigenvalue weighted by molar-refractivity contribution is 0.146. The number of pyridine rings is 1. The lowest BCUT2D eigenvalue weighted by atomic mass is 10.1. The van der Waals surface area contributed by atoms with E-state index >= 15 is 0 Å². The van der Waals surface area contributed by atoms with Gasteiger partial charge < -0.3 is 10.3 Å². The summed E-state index contributed by atoms with van der Waals surface area (Å²) in [5.41, 5.74) is 4.18. The Hall–Kier alpha value is -1.95. The Morgan fingerprint density at radius 1 is 1.25 bits per heavy atom. The average molecular weight is 280 g/mol. The molecule has 0 saturated heterocycles. The lowest BCUT2D eigenvalue weighted by Gasteiger charge is -2.21. The molecule has 0 unspecified atom stereocenters. The molecule has 0 aliphatic rings. The minimum Gasteiger partial charge on any atom is -0.372 e. The van der Waals surface area contributed by atoms with Gasteiger partial charge in [-0.3, -0.25) is 5.84 Å². The molecule has 2 aromatic rings. The number of hydrazine groups is 1. The summed E-state index contributed by atoms with van der Waals surface area (Å²) in [6.07, 6.45) is -2.62. The molecule has 0 aliphatic carbocycles. The Kier molecular flexibility index (Phi) is 4.34. The Bertz CT molecular complexity index is 597. The third-order valence-electron chi connectivity index (χ3n) is 3.32. The molecular weight excluding hydrogens is 262 g/mol. The largest absolute Gasteiger partial charge is 0.372 e. The number of rotatable bonds is 5. The molecule has 0 aliphatic heterocycles. The smallest absolute Gasteiger partial charge is 0.280 e. The van der Waals surface area contributed by atoms with Crippen LogP contribution in [0, 0.1) is 0 Å². The van der Waals surface area contributed by atoms with E-state index in [1.165, 1.54) is 6.07 Å². The number of nitrogen functional groups attached to an aromatic ring is 1. The average Bonchev–Trinajstić information content (AvgIpc) is 2.47. The van der Waals surface area contributed by atoms with Crippen LogP contribution >= 0.6 is 0 Å². The zero-order valence-electron chi connectivity index (χ0n) is 11.5. The first-order valence-electron chi connectivity index (χ1n) is 6.55. The summed E-state index contributed by atoms with van der Waals surface area (Å²) in [6, 6.07) is 6.84. The summed E-state index contributed by atoms with van der Waals surface area (Å²) >= 11 is 0. The second kappa shape index (κ2) is 6.00. The van der Waals surface area contributed by atoms with E-state index < -0.39 is 6.43 Å². The van der Waals surface area contributed by atoms with E-state index in [4.69, 9.17) is 5.84 Å². The van der Waals surface area contributed by atoms with Crippen molar-refractivity contribution in [3.63, 3.8) is 0 Å². The monoisotopic (exact) mass is 280 g/mol. The molecule has 108 valence electrons. The molecule has 1 aromatic heterocycles. The van der Waals surface area contributed by atoms with Gasteiger partial charge in [-0.1, -0.05) is 0 Å². The SMILES string of the molecule is CCN(CC)c1ccc2nc(C(F)F)cc(NN)c2c1. The van der Waals surface area contributed by atoms with Crippen molar-refractivity contribution < 1.29 is 8.78 Å². The highest BCUT2D eigenvalue weighted by molar-refractivity contribution is 5.93. The van der Waals surface area contributed by atoms with Crippen molar-refractivity contribution >= 4 is 22.3 Å². The Morgan fingerprint density at radius 3 is 2.50 bits per heavy atom. The van der Waals surface area contributed by atoms with Crippen LogP contribution in [0.2, 0.25) is 0 Å². The molecule has 0 fully saturated rings. The van der Waals surface area contributed by atoms with Gasteiger partial charge in [-0.25, -0.2) is 13.8 Å². The van der Waals surface area contributed by atoms with Gasteiger partial charge in [0.2, 0.25) is 0 Å². The Labute approximate surface area is 116 Å². The van der Waals surface area contributed by atoms with Crippen molar-refractivity contribution in [3.05, 3.63) is 30.0 Å². The number of benzene rings is 1. The highest BCUT2D eigenvalue weighted by Crippen LogP contribution is 2.30. The number of nitrogens with one attached hydrogen (secondary N) is 1. The topological polar surface area (TPSA) is 54.2 Å². The molecule has 0 bridgehead atoms. The van der Waals surface area contributed by atoms with Crippen LogP contribution in [0.4, 0.5) is 20.2 Å². The van der Waals surface area contributed by atoms with Gasteiger partial charge in [-0.2, -0.15) is 0 Å². The fourth-order valence-corrected chi connectivity index (χ4v) is 2.25. The molecule has 2 rings (SSSR count). The summed E-state index contributed by atoms with van der Waals surface area (Å²) in [4.78, 5) is 6.14. The minimum atomic E-state index is -2.62. The lowest BCUT2D eigenvalue weighted by Crippen LogP contribution is -2.21. The van der Waals surface area contributed by atoms with Gasteiger partial charge in [0, 0.05) is 24.2 Å². The molecule has 3 N–H and O–H groups in total. The molecule has 1 heterocycles. The van der Waals surface area contributed by atoms with Crippen LogP contribution in [0.5, 0.6) is 0 Å². The van der Waals surface area contributed by atoms with E-state index in [1.54, 1.807) is 6.07 Å². The molecular formula is C14H18F2N4. The van der Waals surface area contributed by atoms with Crippen LogP contribution in [-0.2, 0) is 0 Å². The number of anilines is 2. The van der Waals surface area contributed by atoms with Crippen molar-refractivity contribution in [2.24, 2.45) is 5.84 Å². The quantitative estimate of drug-likeness (QED) is 0.651. The fourth-order valence-electron chi connectivity index (χ4n) is 2.25. The molecule has 0 spiro atoms. The number of nitrogens with two attached hydrogens (primary N) is 1. The molecule has 0 amide bonds. The minimum absolute atomic E-state index is 0.277. The van der Waals surface area contributed by atoms with E-state index in [9.17, 15) is 8.78 Å². The molecule has 4 nitrogen and oxygen atoms in total. The van der Waals surface area contributed by atoms with Gasteiger partial charge in [-0.15, -0.1) is 0 Å². The van der Waals surface area contributed by atoms with E-state index in [1.807, 2.05) is 12.1 Å².